The first-order valence-corrected chi connectivity index (χ1v) is 12.0. The summed E-state index contributed by atoms with van der Waals surface area (Å²) < 4.78 is 11.1. The number of morpholine rings is 1. The van der Waals surface area contributed by atoms with Gasteiger partial charge in [-0.25, -0.2) is 0 Å². The Morgan fingerprint density at radius 3 is 2.40 bits per heavy atom. The highest BCUT2D eigenvalue weighted by Crippen LogP contribution is 2.39. The van der Waals surface area contributed by atoms with Crippen molar-refractivity contribution in [1.82, 2.24) is 4.90 Å². The number of hydrogen-bond acceptors (Lipinski definition) is 6. The third-order valence-electron chi connectivity index (χ3n) is 6.34. The van der Waals surface area contributed by atoms with Gasteiger partial charge in [-0.1, -0.05) is 43.9 Å². The van der Waals surface area contributed by atoms with E-state index in [1.54, 1.807) is 36.4 Å². The lowest BCUT2D eigenvalue weighted by Gasteiger charge is -2.30. The van der Waals surface area contributed by atoms with Crippen LogP contribution in [0.15, 0.2) is 54.1 Å². The van der Waals surface area contributed by atoms with Crippen LogP contribution >= 0.6 is 0 Å². The van der Waals surface area contributed by atoms with Gasteiger partial charge >= 0.3 is 0 Å². The van der Waals surface area contributed by atoms with E-state index in [1.165, 1.54) is 21.9 Å². The SMILES string of the molecule is CC(C)COc1ccc(C([O-])=C2C(=O)C(=O)N(CC[NH+]3CCOCC3)C2c2ccc(O)cc2)cc1. The van der Waals surface area contributed by atoms with Gasteiger partial charge in [0.2, 0.25) is 5.78 Å². The molecule has 1 amide bonds. The number of benzene rings is 2. The standard InChI is InChI=1S/C27H32N2O6/c1-18(2)17-35-22-9-5-20(6-10-22)25(31)23-24(19-3-7-21(30)8-4-19)29(27(33)26(23)32)12-11-28-13-15-34-16-14-28/h3-10,18,24,30-31H,11-17H2,1-2H3. The van der Waals surface area contributed by atoms with Gasteiger partial charge in [0, 0.05) is 5.57 Å². The van der Waals surface area contributed by atoms with Crippen LogP contribution in [0.4, 0.5) is 0 Å². The molecular weight excluding hydrogens is 448 g/mol. The third kappa shape index (κ3) is 5.66. The van der Waals surface area contributed by atoms with E-state index >= 15 is 0 Å². The number of aromatic hydroxyl groups is 1. The fourth-order valence-electron chi connectivity index (χ4n) is 4.41. The molecule has 2 heterocycles. The van der Waals surface area contributed by atoms with Gasteiger partial charge in [-0.3, -0.25) is 9.59 Å². The van der Waals surface area contributed by atoms with E-state index < -0.39 is 23.5 Å². The van der Waals surface area contributed by atoms with Crippen molar-refractivity contribution < 1.29 is 34.2 Å². The first-order valence-electron chi connectivity index (χ1n) is 12.0. The Morgan fingerprint density at radius 1 is 1.11 bits per heavy atom. The Balaban J connectivity index is 1.66. The molecule has 0 radical (unpaired) electrons. The molecule has 8 nitrogen and oxygen atoms in total. The summed E-state index contributed by atoms with van der Waals surface area (Å²) in [5, 5.41) is 23.3. The summed E-state index contributed by atoms with van der Waals surface area (Å²) in [6.45, 7) is 8.64. The second-order valence-electron chi connectivity index (χ2n) is 9.41. The zero-order valence-electron chi connectivity index (χ0n) is 20.2. The number of carbonyl (C=O) groups is 2. The topological polar surface area (TPSA) is 104 Å². The number of carbonyl (C=O) groups excluding carboxylic acids is 2. The fraction of sp³-hybridized carbons (Fsp3) is 0.407. The van der Waals surface area contributed by atoms with Gasteiger partial charge in [-0.15, -0.1) is 0 Å². The van der Waals surface area contributed by atoms with Crippen LogP contribution < -0.4 is 14.7 Å². The molecule has 35 heavy (non-hydrogen) atoms. The molecule has 4 rings (SSSR count). The smallest absolute Gasteiger partial charge is 0.295 e. The number of Topliss-reactive ketones (excluding diaryl/α,β-unsaturated/α-hetero) is 1. The van der Waals surface area contributed by atoms with Crippen molar-refractivity contribution in [2.75, 3.05) is 46.0 Å². The van der Waals surface area contributed by atoms with Crippen molar-refractivity contribution in [3.63, 3.8) is 0 Å². The maximum atomic E-state index is 13.5. The van der Waals surface area contributed by atoms with Gasteiger partial charge in [0.1, 0.15) is 24.6 Å². The molecule has 2 aromatic carbocycles. The molecule has 8 heteroatoms. The number of ether oxygens (including phenoxy) is 2. The minimum Gasteiger partial charge on any atom is -0.872 e. The van der Waals surface area contributed by atoms with Crippen molar-refractivity contribution in [1.29, 1.82) is 0 Å². The van der Waals surface area contributed by atoms with Crippen molar-refractivity contribution in [3.05, 3.63) is 65.2 Å². The number of phenolic OH excluding ortho intramolecular Hbond substituents is 1. The van der Waals surface area contributed by atoms with Crippen LogP contribution in [0.2, 0.25) is 0 Å². The summed E-state index contributed by atoms with van der Waals surface area (Å²) in [6, 6.07) is 12.1. The van der Waals surface area contributed by atoms with Gasteiger partial charge in [-0.05, 0) is 41.3 Å². The monoisotopic (exact) mass is 480 g/mol. The molecule has 2 aromatic rings. The number of amides is 1. The van der Waals surface area contributed by atoms with Crippen molar-refractivity contribution in [2.24, 2.45) is 5.92 Å². The molecule has 0 aromatic heterocycles. The highest BCUT2D eigenvalue weighted by atomic mass is 16.5. The average Bonchev–Trinajstić information content (AvgIpc) is 3.12. The third-order valence-corrected chi connectivity index (χ3v) is 6.34. The Bertz CT molecular complexity index is 1070. The van der Waals surface area contributed by atoms with Gasteiger partial charge < -0.3 is 29.5 Å². The summed E-state index contributed by atoms with van der Waals surface area (Å²) in [7, 11) is 0. The van der Waals surface area contributed by atoms with Crippen LogP contribution in [-0.2, 0) is 14.3 Å². The van der Waals surface area contributed by atoms with Crippen LogP contribution in [0, 0.1) is 5.92 Å². The largest absolute Gasteiger partial charge is 0.872 e. The van der Waals surface area contributed by atoms with Crippen molar-refractivity contribution in [3.8, 4) is 11.5 Å². The lowest BCUT2D eigenvalue weighted by atomic mass is 9.95. The van der Waals surface area contributed by atoms with Crippen LogP contribution in [-0.4, -0.2) is 67.7 Å². The van der Waals surface area contributed by atoms with E-state index in [-0.39, 0.29) is 11.3 Å². The predicted molar refractivity (Wildman–Crippen MR) is 128 cm³/mol. The molecule has 0 bridgehead atoms. The minimum atomic E-state index is -0.805. The Hall–Kier alpha value is -3.36. The number of hydrogen-bond donors (Lipinski definition) is 2. The summed E-state index contributed by atoms with van der Waals surface area (Å²) in [6.07, 6.45) is 0. The Kier molecular flexibility index (Phi) is 7.73. The van der Waals surface area contributed by atoms with E-state index in [1.807, 2.05) is 13.8 Å². The molecule has 186 valence electrons. The molecule has 0 spiro atoms. The van der Waals surface area contributed by atoms with Crippen molar-refractivity contribution >= 4 is 17.4 Å². The van der Waals surface area contributed by atoms with Crippen molar-refractivity contribution in [2.45, 2.75) is 19.9 Å². The summed E-state index contributed by atoms with van der Waals surface area (Å²) in [4.78, 5) is 29.0. The van der Waals surface area contributed by atoms with E-state index in [4.69, 9.17) is 9.47 Å². The number of ketones is 1. The number of likely N-dealkylation sites (tertiary alicyclic amines) is 1. The van der Waals surface area contributed by atoms with Crippen LogP contribution in [0.3, 0.4) is 0 Å². The molecule has 2 aliphatic heterocycles. The Morgan fingerprint density at radius 2 is 1.77 bits per heavy atom. The Labute approximate surface area is 205 Å². The van der Waals surface area contributed by atoms with Gasteiger partial charge in [0.15, 0.2) is 0 Å². The second kappa shape index (κ2) is 10.9. The average molecular weight is 481 g/mol. The number of quaternary nitrogens is 1. The lowest BCUT2D eigenvalue weighted by molar-refractivity contribution is -0.907. The fourth-order valence-corrected chi connectivity index (χ4v) is 4.41. The minimum absolute atomic E-state index is 0.0616. The maximum absolute atomic E-state index is 13.5. The molecule has 2 fully saturated rings. The molecule has 0 aliphatic carbocycles. The van der Waals surface area contributed by atoms with E-state index in [2.05, 4.69) is 0 Å². The summed E-state index contributed by atoms with van der Waals surface area (Å²) in [5.41, 5.74) is 0.871. The van der Waals surface area contributed by atoms with Gasteiger partial charge in [0.25, 0.3) is 5.91 Å². The van der Waals surface area contributed by atoms with E-state index in [0.717, 1.165) is 13.1 Å². The van der Waals surface area contributed by atoms with Gasteiger partial charge in [0.05, 0.1) is 39.0 Å². The number of nitrogens with zero attached hydrogens (tertiary/aromatic N) is 1. The first-order chi connectivity index (χ1) is 16.8. The zero-order chi connectivity index (χ0) is 24.9. The van der Waals surface area contributed by atoms with E-state index in [0.29, 0.717) is 55.7 Å². The second-order valence-corrected chi connectivity index (χ2v) is 9.41. The van der Waals surface area contributed by atoms with Crippen LogP contribution in [0.25, 0.3) is 5.76 Å². The van der Waals surface area contributed by atoms with Gasteiger partial charge in [-0.2, -0.15) is 0 Å². The number of nitrogens with one attached hydrogen (secondary N) is 1. The quantitative estimate of drug-likeness (QED) is 0.325. The number of rotatable bonds is 8. The predicted octanol–water partition coefficient (Wildman–Crippen LogP) is 0.566. The molecule has 2 N–H and O–H groups in total. The molecule has 1 atom stereocenters. The van der Waals surface area contributed by atoms with Crippen LogP contribution in [0.5, 0.6) is 11.5 Å². The molecule has 2 saturated heterocycles. The molecule has 0 saturated carbocycles. The molecular formula is C27H32N2O6. The highest BCUT2D eigenvalue weighted by molar-refractivity contribution is 6.46. The summed E-state index contributed by atoms with van der Waals surface area (Å²) >= 11 is 0. The first kappa shape index (κ1) is 24.8. The molecule has 2 aliphatic rings. The molecule has 1 unspecified atom stereocenters. The number of phenols is 1. The normalized spacial score (nSPS) is 20.5. The van der Waals surface area contributed by atoms with Crippen LogP contribution in [0.1, 0.15) is 31.0 Å². The summed E-state index contributed by atoms with van der Waals surface area (Å²) in [5.74, 6) is -0.845. The zero-order valence-corrected chi connectivity index (χ0v) is 20.2. The maximum Gasteiger partial charge on any atom is 0.295 e. The lowest BCUT2D eigenvalue weighted by Crippen LogP contribution is -3.14. The van der Waals surface area contributed by atoms with E-state index in [9.17, 15) is 19.8 Å². The highest BCUT2D eigenvalue weighted by Gasteiger charge is 2.44.